The first kappa shape index (κ1) is 19.7. The topological polar surface area (TPSA) is 43.3 Å². The molecule has 1 fully saturated rings. The second-order valence-corrected chi connectivity index (χ2v) is 6.91. The molecular formula is C21H25BrN2O3. The minimum absolute atomic E-state index is 0.586. The maximum absolute atomic E-state index is 5.76. The van der Waals surface area contributed by atoms with Crippen molar-refractivity contribution in [2.75, 3.05) is 44.4 Å². The predicted octanol–water partition coefficient (Wildman–Crippen LogP) is 4.83. The molecule has 0 aliphatic carbocycles. The molecule has 1 heterocycles. The highest BCUT2D eigenvalue weighted by atomic mass is 79.9. The summed E-state index contributed by atoms with van der Waals surface area (Å²) in [6, 6.07) is 12.2. The van der Waals surface area contributed by atoms with E-state index in [9.17, 15) is 0 Å². The maximum atomic E-state index is 5.76. The second kappa shape index (κ2) is 9.76. The van der Waals surface area contributed by atoms with Gasteiger partial charge in [-0.3, -0.25) is 4.99 Å². The molecule has 0 bridgehead atoms. The fourth-order valence-corrected chi connectivity index (χ4v) is 3.39. The van der Waals surface area contributed by atoms with Crippen molar-refractivity contribution >= 4 is 33.5 Å². The molecule has 0 saturated carbocycles. The minimum Gasteiger partial charge on any atom is -0.493 e. The fourth-order valence-electron chi connectivity index (χ4n) is 2.91. The van der Waals surface area contributed by atoms with Crippen molar-refractivity contribution in [1.82, 2.24) is 0 Å². The summed E-state index contributed by atoms with van der Waals surface area (Å²) in [5.74, 6) is 1.53. The zero-order valence-corrected chi connectivity index (χ0v) is 17.4. The summed E-state index contributed by atoms with van der Waals surface area (Å²) in [6.07, 6.45) is 1.83. The van der Waals surface area contributed by atoms with E-state index in [-0.39, 0.29) is 0 Å². The number of hydrogen-bond donors (Lipinski definition) is 0. The van der Waals surface area contributed by atoms with Crippen molar-refractivity contribution in [2.24, 2.45) is 4.99 Å². The molecule has 3 rings (SSSR count). The van der Waals surface area contributed by atoms with Gasteiger partial charge in [-0.15, -0.1) is 0 Å². The number of hydrogen-bond acceptors (Lipinski definition) is 5. The van der Waals surface area contributed by atoms with E-state index >= 15 is 0 Å². The summed E-state index contributed by atoms with van der Waals surface area (Å²) in [6.45, 7) is 8.55. The molecule has 0 radical (unpaired) electrons. The monoisotopic (exact) mass is 432 g/mol. The first-order chi connectivity index (χ1) is 13.2. The van der Waals surface area contributed by atoms with Crippen LogP contribution < -0.4 is 14.4 Å². The lowest BCUT2D eigenvalue weighted by molar-refractivity contribution is 0.122. The van der Waals surface area contributed by atoms with Crippen molar-refractivity contribution in [1.29, 1.82) is 0 Å². The highest BCUT2D eigenvalue weighted by molar-refractivity contribution is 9.10. The Morgan fingerprint density at radius 2 is 1.70 bits per heavy atom. The molecular weight excluding hydrogens is 408 g/mol. The average molecular weight is 433 g/mol. The smallest absolute Gasteiger partial charge is 0.137 e. The summed E-state index contributed by atoms with van der Waals surface area (Å²) >= 11 is 3.56. The summed E-state index contributed by atoms with van der Waals surface area (Å²) in [5.41, 5.74) is 3.01. The third kappa shape index (κ3) is 5.23. The minimum atomic E-state index is 0.586. The van der Waals surface area contributed by atoms with Gasteiger partial charge in [-0.1, -0.05) is 0 Å². The Labute approximate surface area is 169 Å². The number of anilines is 1. The molecule has 0 aromatic heterocycles. The molecule has 2 aromatic carbocycles. The molecule has 6 heteroatoms. The van der Waals surface area contributed by atoms with Crippen LogP contribution in [-0.2, 0) is 4.74 Å². The summed E-state index contributed by atoms with van der Waals surface area (Å²) in [4.78, 5) is 6.94. The molecule has 0 spiro atoms. The number of halogens is 1. The van der Waals surface area contributed by atoms with Gasteiger partial charge < -0.3 is 19.1 Å². The molecule has 5 nitrogen and oxygen atoms in total. The lowest BCUT2D eigenvalue weighted by Crippen LogP contribution is -2.36. The third-order valence-electron chi connectivity index (χ3n) is 4.24. The van der Waals surface area contributed by atoms with Crippen LogP contribution in [0.15, 0.2) is 45.9 Å². The van der Waals surface area contributed by atoms with Crippen LogP contribution in [0.5, 0.6) is 11.5 Å². The van der Waals surface area contributed by atoms with E-state index < -0.39 is 0 Å². The van der Waals surface area contributed by atoms with Gasteiger partial charge in [-0.2, -0.15) is 0 Å². The van der Waals surface area contributed by atoms with E-state index in [0.717, 1.165) is 53.5 Å². The largest absolute Gasteiger partial charge is 0.493 e. The van der Waals surface area contributed by atoms with Crippen molar-refractivity contribution in [3.05, 3.63) is 46.4 Å². The number of ether oxygens (including phenoxy) is 3. The first-order valence-corrected chi connectivity index (χ1v) is 10.1. The third-order valence-corrected chi connectivity index (χ3v) is 4.86. The van der Waals surface area contributed by atoms with Gasteiger partial charge in [0.1, 0.15) is 11.5 Å². The molecule has 0 N–H and O–H groups in total. The Morgan fingerprint density at radius 1 is 1.04 bits per heavy atom. The van der Waals surface area contributed by atoms with E-state index in [1.54, 1.807) is 0 Å². The number of rotatable bonds is 7. The molecule has 27 heavy (non-hydrogen) atoms. The van der Waals surface area contributed by atoms with Gasteiger partial charge in [-0.25, -0.2) is 0 Å². The molecule has 0 amide bonds. The van der Waals surface area contributed by atoms with Crippen LogP contribution >= 0.6 is 15.9 Å². The van der Waals surface area contributed by atoms with Crippen molar-refractivity contribution in [2.45, 2.75) is 13.8 Å². The molecule has 1 aliphatic heterocycles. The summed E-state index contributed by atoms with van der Waals surface area (Å²) in [5, 5.41) is 0. The highest BCUT2D eigenvalue weighted by Crippen LogP contribution is 2.33. The first-order valence-electron chi connectivity index (χ1n) is 9.27. The molecule has 0 atom stereocenters. The van der Waals surface area contributed by atoms with Gasteiger partial charge in [0.05, 0.1) is 36.6 Å². The lowest BCUT2D eigenvalue weighted by atomic mass is 10.2. The average Bonchev–Trinajstić information content (AvgIpc) is 2.70. The van der Waals surface area contributed by atoms with E-state index in [1.807, 2.05) is 44.3 Å². The van der Waals surface area contributed by atoms with Crippen LogP contribution in [0.4, 0.5) is 11.4 Å². The Hall–Kier alpha value is -2.05. The van der Waals surface area contributed by atoms with Gasteiger partial charge in [-0.05, 0) is 60.1 Å². The van der Waals surface area contributed by atoms with Gasteiger partial charge in [0.25, 0.3) is 0 Å². The van der Waals surface area contributed by atoms with Gasteiger partial charge in [0.2, 0.25) is 0 Å². The molecule has 2 aromatic rings. The Morgan fingerprint density at radius 3 is 2.37 bits per heavy atom. The lowest BCUT2D eigenvalue weighted by Gasteiger charge is -2.28. The molecule has 0 unspecified atom stereocenters. The maximum Gasteiger partial charge on any atom is 0.137 e. The predicted molar refractivity (Wildman–Crippen MR) is 113 cm³/mol. The Bertz CT molecular complexity index is 772. The van der Waals surface area contributed by atoms with Crippen LogP contribution in [0, 0.1) is 0 Å². The van der Waals surface area contributed by atoms with Crippen LogP contribution in [-0.4, -0.2) is 45.7 Å². The number of benzene rings is 2. The van der Waals surface area contributed by atoms with E-state index in [2.05, 4.69) is 38.0 Å². The van der Waals surface area contributed by atoms with E-state index in [1.165, 1.54) is 5.69 Å². The van der Waals surface area contributed by atoms with Crippen LogP contribution in [0.2, 0.25) is 0 Å². The van der Waals surface area contributed by atoms with Gasteiger partial charge in [0.15, 0.2) is 0 Å². The van der Waals surface area contributed by atoms with E-state index in [4.69, 9.17) is 14.2 Å². The summed E-state index contributed by atoms with van der Waals surface area (Å²) < 4.78 is 17.7. The Balaban J connectivity index is 1.77. The van der Waals surface area contributed by atoms with Crippen molar-refractivity contribution in [3.63, 3.8) is 0 Å². The Kier molecular flexibility index (Phi) is 7.12. The number of nitrogens with zero attached hydrogens (tertiary/aromatic N) is 2. The standard InChI is InChI=1S/C21H25BrN2O3/c1-3-26-20-14-21(27-4-2)19(22)13-16(20)15-23-17-5-7-18(8-6-17)24-9-11-25-12-10-24/h5-8,13-15H,3-4,9-12H2,1-2H3. The summed E-state index contributed by atoms with van der Waals surface area (Å²) in [7, 11) is 0. The SMILES string of the molecule is CCOc1cc(OCC)c(C=Nc2ccc(N3CCOCC3)cc2)cc1Br. The quantitative estimate of drug-likeness (QED) is 0.587. The molecule has 1 saturated heterocycles. The van der Waals surface area contributed by atoms with Crippen molar-refractivity contribution in [3.8, 4) is 11.5 Å². The van der Waals surface area contributed by atoms with E-state index in [0.29, 0.717) is 13.2 Å². The molecule has 1 aliphatic rings. The highest BCUT2D eigenvalue weighted by Gasteiger charge is 2.11. The molecule has 144 valence electrons. The zero-order chi connectivity index (χ0) is 19.1. The van der Waals surface area contributed by atoms with Crippen LogP contribution in [0.25, 0.3) is 0 Å². The van der Waals surface area contributed by atoms with Gasteiger partial charge in [0, 0.05) is 36.6 Å². The van der Waals surface area contributed by atoms with Gasteiger partial charge >= 0.3 is 0 Å². The number of morpholine rings is 1. The number of aliphatic imine (C=N–C) groups is 1. The fraction of sp³-hybridized carbons (Fsp3) is 0.381. The second-order valence-electron chi connectivity index (χ2n) is 6.06. The zero-order valence-electron chi connectivity index (χ0n) is 15.8. The normalized spacial score (nSPS) is 14.6. The van der Waals surface area contributed by atoms with Crippen LogP contribution in [0.1, 0.15) is 19.4 Å². The van der Waals surface area contributed by atoms with Crippen LogP contribution in [0.3, 0.4) is 0 Å². The van der Waals surface area contributed by atoms with Crippen molar-refractivity contribution < 1.29 is 14.2 Å².